The number of rotatable bonds is 2. The van der Waals surface area contributed by atoms with E-state index in [9.17, 15) is 4.79 Å². The zero-order chi connectivity index (χ0) is 14.3. The first kappa shape index (κ1) is 12.6. The second-order valence-corrected chi connectivity index (χ2v) is 5.63. The monoisotopic (exact) mass is 273 g/mol. The summed E-state index contributed by atoms with van der Waals surface area (Å²) in [5.41, 5.74) is 0.162. The third-order valence-electron chi connectivity index (χ3n) is 2.89. The van der Waals surface area contributed by atoms with Crippen molar-refractivity contribution in [1.29, 1.82) is 0 Å². The fourth-order valence-electron chi connectivity index (χ4n) is 1.83. The molecule has 7 nitrogen and oxygen atoms in total. The fraction of sp³-hybridized carbons (Fsp3) is 0.385. The molecule has 0 fully saturated rings. The molecule has 0 saturated carbocycles. The molecule has 0 aliphatic carbocycles. The van der Waals surface area contributed by atoms with E-state index in [0.29, 0.717) is 17.4 Å². The summed E-state index contributed by atoms with van der Waals surface area (Å²) in [6.45, 7) is 6.16. The van der Waals surface area contributed by atoms with E-state index in [2.05, 4.69) is 15.2 Å². The summed E-state index contributed by atoms with van der Waals surface area (Å²) < 4.78 is 8.01. The lowest BCUT2D eigenvalue weighted by Crippen LogP contribution is -2.22. The maximum atomic E-state index is 12.1. The van der Waals surface area contributed by atoms with Crippen LogP contribution in [0.2, 0.25) is 0 Å². The summed E-state index contributed by atoms with van der Waals surface area (Å²) in [5.74, 6) is 0.991. The van der Waals surface area contributed by atoms with Gasteiger partial charge >= 0.3 is 5.69 Å². The van der Waals surface area contributed by atoms with E-state index < -0.39 is 0 Å². The Morgan fingerprint density at radius 3 is 2.75 bits per heavy atom. The van der Waals surface area contributed by atoms with E-state index in [1.165, 1.54) is 9.08 Å². The van der Waals surface area contributed by atoms with Gasteiger partial charge in [0.15, 0.2) is 11.5 Å². The minimum absolute atomic E-state index is 0.195. The van der Waals surface area contributed by atoms with Gasteiger partial charge in [-0.1, -0.05) is 32.0 Å². The third kappa shape index (κ3) is 2.11. The van der Waals surface area contributed by atoms with E-state index >= 15 is 0 Å². The lowest BCUT2D eigenvalue weighted by molar-refractivity contribution is 0.317. The molecular formula is C13H15N5O2. The van der Waals surface area contributed by atoms with Crippen LogP contribution in [0.25, 0.3) is 5.65 Å². The van der Waals surface area contributed by atoms with E-state index in [4.69, 9.17) is 4.52 Å². The number of hydrogen-bond acceptors (Lipinski definition) is 5. The van der Waals surface area contributed by atoms with E-state index in [1.807, 2.05) is 26.8 Å². The van der Waals surface area contributed by atoms with Crippen LogP contribution >= 0.6 is 0 Å². The highest BCUT2D eigenvalue weighted by atomic mass is 16.5. The summed E-state index contributed by atoms with van der Waals surface area (Å²) in [7, 11) is 0. The molecule has 7 heteroatoms. The molecule has 0 spiro atoms. The average Bonchev–Trinajstić information content (AvgIpc) is 2.97. The Balaban J connectivity index is 1.95. The van der Waals surface area contributed by atoms with Crippen molar-refractivity contribution in [2.75, 3.05) is 0 Å². The molecule has 20 heavy (non-hydrogen) atoms. The molecule has 0 saturated heterocycles. The molecule has 0 N–H and O–H groups in total. The molecule has 3 aromatic heterocycles. The van der Waals surface area contributed by atoms with Crippen LogP contribution < -0.4 is 5.69 Å². The third-order valence-corrected chi connectivity index (χ3v) is 2.89. The van der Waals surface area contributed by atoms with Crippen molar-refractivity contribution in [3.63, 3.8) is 0 Å². The van der Waals surface area contributed by atoms with Crippen molar-refractivity contribution in [1.82, 2.24) is 24.3 Å². The van der Waals surface area contributed by atoms with E-state index in [1.54, 1.807) is 18.3 Å². The van der Waals surface area contributed by atoms with Gasteiger partial charge in [-0.2, -0.15) is 4.98 Å². The Morgan fingerprint density at radius 2 is 2.10 bits per heavy atom. The summed E-state index contributed by atoms with van der Waals surface area (Å²) >= 11 is 0. The smallest absolute Gasteiger partial charge is 0.339 e. The molecule has 0 bridgehead atoms. The lowest BCUT2D eigenvalue weighted by atomic mass is 9.97. The molecule has 0 atom stereocenters. The molecule has 0 aliphatic heterocycles. The summed E-state index contributed by atoms with van der Waals surface area (Å²) in [4.78, 5) is 16.4. The van der Waals surface area contributed by atoms with Crippen molar-refractivity contribution in [3.05, 3.63) is 46.6 Å². The van der Waals surface area contributed by atoms with Gasteiger partial charge in [0.05, 0.1) is 0 Å². The molecule has 0 unspecified atom stereocenters. The van der Waals surface area contributed by atoms with Gasteiger partial charge in [-0.3, -0.25) is 4.40 Å². The Morgan fingerprint density at radius 1 is 1.30 bits per heavy atom. The molecular weight excluding hydrogens is 258 g/mol. The second-order valence-electron chi connectivity index (χ2n) is 5.63. The lowest BCUT2D eigenvalue weighted by Gasteiger charge is -2.10. The Labute approximate surface area is 114 Å². The van der Waals surface area contributed by atoms with Crippen LogP contribution in [0.5, 0.6) is 0 Å². The largest absolute Gasteiger partial charge is 0.350 e. The molecule has 3 heterocycles. The van der Waals surface area contributed by atoms with Crippen LogP contribution in [0.1, 0.15) is 32.5 Å². The van der Waals surface area contributed by atoms with Crippen LogP contribution in [0.3, 0.4) is 0 Å². The number of hydrogen-bond donors (Lipinski definition) is 0. The standard InChI is InChI=1S/C13H15N5O2/c1-13(2,3)11-14-9(16-20-11)8-18-12(19)17-7-5-4-6-10(17)15-18/h4-7H,8H2,1-3H3. The van der Waals surface area contributed by atoms with Crippen LogP contribution in [0, 0.1) is 0 Å². The predicted molar refractivity (Wildman–Crippen MR) is 71.6 cm³/mol. The van der Waals surface area contributed by atoms with Gasteiger partial charge in [0, 0.05) is 11.6 Å². The predicted octanol–water partition coefficient (Wildman–Crippen LogP) is 1.22. The summed E-state index contributed by atoms with van der Waals surface area (Å²) in [5, 5.41) is 8.12. The maximum absolute atomic E-state index is 12.1. The first-order chi connectivity index (χ1) is 9.45. The van der Waals surface area contributed by atoms with Crippen LogP contribution in [0.15, 0.2) is 33.7 Å². The summed E-state index contributed by atoms with van der Waals surface area (Å²) in [6.07, 6.45) is 1.68. The topological polar surface area (TPSA) is 78.2 Å². The Hall–Kier alpha value is -2.44. The van der Waals surface area contributed by atoms with Crippen LogP contribution in [-0.4, -0.2) is 24.3 Å². The molecule has 0 radical (unpaired) electrons. The second kappa shape index (κ2) is 4.29. The average molecular weight is 273 g/mol. The van der Waals surface area contributed by atoms with Crippen molar-refractivity contribution < 1.29 is 4.52 Å². The van der Waals surface area contributed by atoms with Gasteiger partial charge in [0.2, 0.25) is 5.89 Å². The first-order valence-electron chi connectivity index (χ1n) is 6.32. The van der Waals surface area contributed by atoms with Crippen LogP contribution in [0.4, 0.5) is 0 Å². The molecule has 3 rings (SSSR count). The zero-order valence-corrected chi connectivity index (χ0v) is 11.6. The zero-order valence-electron chi connectivity index (χ0n) is 11.6. The van der Waals surface area contributed by atoms with Gasteiger partial charge in [-0.05, 0) is 12.1 Å². The van der Waals surface area contributed by atoms with E-state index in [-0.39, 0.29) is 17.6 Å². The molecule has 0 aliphatic rings. The molecule has 104 valence electrons. The minimum atomic E-state index is -0.220. The number of nitrogens with zero attached hydrogens (tertiary/aromatic N) is 5. The van der Waals surface area contributed by atoms with Gasteiger partial charge < -0.3 is 4.52 Å². The maximum Gasteiger partial charge on any atom is 0.350 e. The molecule has 0 amide bonds. The fourth-order valence-corrected chi connectivity index (χ4v) is 1.83. The van der Waals surface area contributed by atoms with Gasteiger partial charge in [0.25, 0.3) is 0 Å². The quantitative estimate of drug-likeness (QED) is 0.701. The van der Waals surface area contributed by atoms with Crippen molar-refractivity contribution in [3.8, 4) is 0 Å². The summed E-state index contributed by atoms with van der Waals surface area (Å²) in [6, 6.07) is 5.39. The Bertz CT molecular complexity index is 806. The van der Waals surface area contributed by atoms with Crippen LogP contribution in [-0.2, 0) is 12.0 Å². The number of aromatic nitrogens is 5. The first-order valence-corrected chi connectivity index (χ1v) is 6.32. The van der Waals surface area contributed by atoms with Gasteiger partial charge in [-0.25, -0.2) is 9.48 Å². The number of fused-ring (bicyclic) bond motifs is 1. The highest BCUT2D eigenvalue weighted by Gasteiger charge is 2.22. The van der Waals surface area contributed by atoms with Crippen molar-refractivity contribution >= 4 is 5.65 Å². The molecule has 0 aromatic carbocycles. The number of pyridine rings is 1. The SMILES string of the molecule is CC(C)(C)c1nc(Cn2nc3ccccn3c2=O)no1. The highest BCUT2D eigenvalue weighted by Crippen LogP contribution is 2.19. The minimum Gasteiger partial charge on any atom is -0.339 e. The Kier molecular flexibility index (Phi) is 2.70. The highest BCUT2D eigenvalue weighted by molar-refractivity contribution is 5.35. The van der Waals surface area contributed by atoms with Crippen molar-refractivity contribution in [2.24, 2.45) is 0 Å². The normalized spacial score (nSPS) is 12.2. The van der Waals surface area contributed by atoms with Gasteiger partial charge in [-0.15, -0.1) is 5.10 Å². The van der Waals surface area contributed by atoms with Crippen molar-refractivity contribution in [2.45, 2.75) is 32.7 Å². The molecule has 3 aromatic rings. The van der Waals surface area contributed by atoms with Gasteiger partial charge in [0.1, 0.15) is 6.54 Å². The van der Waals surface area contributed by atoms with E-state index in [0.717, 1.165) is 0 Å².